The molecule has 2 rings (SSSR count). The monoisotopic (exact) mass is 256 g/mol. The van der Waals surface area contributed by atoms with Gasteiger partial charge in [0.2, 0.25) is 0 Å². The van der Waals surface area contributed by atoms with Gasteiger partial charge >= 0.3 is 0 Å². The molecule has 0 aromatic rings. The molecule has 3 heteroatoms. The summed E-state index contributed by atoms with van der Waals surface area (Å²) in [6.45, 7) is 1.62. The zero-order valence-corrected chi connectivity index (χ0v) is 11.6. The maximum Gasteiger partial charge on any atom is 0.0590 e. The van der Waals surface area contributed by atoms with Gasteiger partial charge in [-0.25, -0.2) is 0 Å². The minimum Gasteiger partial charge on any atom is -0.393 e. The predicted octanol–water partition coefficient (Wildman–Crippen LogP) is 2.76. The molecule has 0 spiro atoms. The third-order valence-electron chi connectivity index (χ3n) is 4.55. The van der Waals surface area contributed by atoms with E-state index in [9.17, 15) is 5.11 Å². The first-order valence-electron chi connectivity index (χ1n) is 7.58. The molecule has 2 aliphatic carbocycles. The van der Waals surface area contributed by atoms with Gasteiger partial charge in [-0.15, -0.1) is 0 Å². The van der Waals surface area contributed by atoms with Crippen LogP contribution in [0.25, 0.3) is 0 Å². The van der Waals surface area contributed by atoms with Crippen molar-refractivity contribution in [2.24, 2.45) is 11.8 Å². The second kappa shape index (κ2) is 7.46. The molecule has 3 nitrogen and oxygen atoms in total. The molecule has 0 radical (unpaired) electrons. The molecule has 0 bridgehead atoms. The second-order valence-electron chi connectivity index (χ2n) is 6.06. The Morgan fingerprint density at radius 2 is 1.83 bits per heavy atom. The van der Waals surface area contributed by atoms with Crippen molar-refractivity contribution in [2.75, 3.05) is 20.3 Å². The third kappa shape index (κ3) is 4.22. The van der Waals surface area contributed by atoms with Crippen LogP contribution in [0.15, 0.2) is 0 Å². The molecule has 2 aliphatic rings. The maximum absolute atomic E-state index is 9.93. The first-order valence-corrected chi connectivity index (χ1v) is 7.58. The Labute approximate surface area is 111 Å². The number of aliphatic hydroxyl groups excluding tert-OH is 1. The SMILES string of the molecule is COCC1CCCC(OCC2CCCCC2O)C1. The van der Waals surface area contributed by atoms with Gasteiger partial charge in [-0.3, -0.25) is 0 Å². The van der Waals surface area contributed by atoms with Crippen LogP contribution in [0.5, 0.6) is 0 Å². The lowest BCUT2D eigenvalue weighted by Gasteiger charge is -2.32. The van der Waals surface area contributed by atoms with Crippen LogP contribution in [0.1, 0.15) is 51.4 Å². The first kappa shape index (κ1) is 14.3. The van der Waals surface area contributed by atoms with Crippen LogP contribution in [-0.4, -0.2) is 37.6 Å². The molecule has 18 heavy (non-hydrogen) atoms. The van der Waals surface area contributed by atoms with Crippen LogP contribution >= 0.6 is 0 Å². The lowest BCUT2D eigenvalue weighted by molar-refractivity contribution is -0.0491. The zero-order chi connectivity index (χ0) is 12.8. The molecule has 4 unspecified atom stereocenters. The Morgan fingerprint density at radius 3 is 2.61 bits per heavy atom. The fourth-order valence-electron chi connectivity index (χ4n) is 3.42. The van der Waals surface area contributed by atoms with Crippen molar-refractivity contribution in [1.82, 2.24) is 0 Å². The van der Waals surface area contributed by atoms with E-state index in [1.807, 2.05) is 0 Å². The van der Waals surface area contributed by atoms with Crippen LogP contribution in [0, 0.1) is 11.8 Å². The molecule has 0 aromatic heterocycles. The number of aliphatic hydroxyl groups is 1. The summed E-state index contributed by atoms with van der Waals surface area (Å²) in [6.07, 6.45) is 9.65. The van der Waals surface area contributed by atoms with Crippen LogP contribution < -0.4 is 0 Å². The van der Waals surface area contributed by atoms with Crippen molar-refractivity contribution >= 4 is 0 Å². The molecule has 106 valence electrons. The van der Waals surface area contributed by atoms with Gasteiger partial charge in [-0.2, -0.15) is 0 Å². The maximum atomic E-state index is 9.93. The molecule has 1 N–H and O–H groups in total. The van der Waals surface area contributed by atoms with Crippen molar-refractivity contribution in [3.8, 4) is 0 Å². The van der Waals surface area contributed by atoms with E-state index >= 15 is 0 Å². The number of ether oxygens (including phenoxy) is 2. The van der Waals surface area contributed by atoms with E-state index in [1.165, 1.54) is 32.1 Å². The molecule has 0 amide bonds. The van der Waals surface area contributed by atoms with E-state index in [-0.39, 0.29) is 6.10 Å². The second-order valence-corrected chi connectivity index (χ2v) is 6.06. The van der Waals surface area contributed by atoms with Crippen molar-refractivity contribution in [3.05, 3.63) is 0 Å². The highest BCUT2D eigenvalue weighted by Gasteiger charge is 2.27. The van der Waals surface area contributed by atoms with Gasteiger partial charge in [0.25, 0.3) is 0 Å². The zero-order valence-electron chi connectivity index (χ0n) is 11.6. The summed E-state index contributed by atoms with van der Waals surface area (Å²) in [5, 5.41) is 9.93. The van der Waals surface area contributed by atoms with Crippen LogP contribution in [0.4, 0.5) is 0 Å². The third-order valence-corrected chi connectivity index (χ3v) is 4.55. The van der Waals surface area contributed by atoms with Crippen molar-refractivity contribution in [2.45, 2.75) is 63.6 Å². The number of hydrogen-bond donors (Lipinski definition) is 1. The molecule has 0 aromatic carbocycles. The lowest BCUT2D eigenvalue weighted by Crippen LogP contribution is -2.32. The Kier molecular flexibility index (Phi) is 5.93. The highest BCUT2D eigenvalue weighted by atomic mass is 16.5. The summed E-state index contributed by atoms with van der Waals surface area (Å²) in [7, 11) is 1.78. The highest BCUT2D eigenvalue weighted by molar-refractivity contribution is 4.77. The topological polar surface area (TPSA) is 38.7 Å². The fraction of sp³-hybridized carbons (Fsp3) is 1.00. The van der Waals surface area contributed by atoms with Crippen molar-refractivity contribution in [3.63, 3.8) is 0 Å². The fourth-order valence-corrected chi connectivity index (χ4v) is 3.42. The van der Waals surface area contributed by atoms with Gasteiger partial charge in [0, 0.05) is 19.6 Å². The predicted molar refractivity (Wildman–Crippen MR) is 71.5 cm³/mol. The molecular formula is C15H28O3. The van der Waals surface area contributed by atoms with Gasteiger partial charge in [0.1, 0.15) is 0 Å². The molecule has 0 saturated heterocycles. The summed E-state index contributed by atoms with van der Waals surface area (Å²) < 4.78 is 11.3. The van der Waals surface area contributed by atoms with Crippen molar-refractivity contribution < 1.29 is 14.6 Å². The van der Waals surface area contributed by atoms with Gasteiger partial charge in [0.05, 0.1) is 18.8 Å². The number of hydrogen-bond acceptors (Lipinski definition) is 3. The van der Waals surface area contributed by atoms with Gasteiger partial charge in [-0.1, -0.05) is 19.3 Å². The van der Waals surface area contributed by atoms with E-state index in [4.69, 9.17) is 9.47 Å². The Bertz CT molecular complexity index is 230. The Morgan fingerprint density at radius 1 is 1.00 bits per heavy atom. The van der Waals surface area contributed by atoms with Crippen molar-refractivity contribution in [1.29, 1.82) is 0 Å². The van der Waals surface area contributed by atoms with Crippen LogP contribution in [-0.2, 0) is 9.47 Å². The molecular weight excluding hydrogens is 228 g/mol. The standard InChI is InChI=1S/C15H28O3/c1-17-10-12-5-4-7-14(9-12)18-11-13-6-2-3-8-15(13)16/h12-16H,2-11H2,1H3. The quantitative estimate of drug-likeness (QED) is 0.822. The lowest BCUT2D eigenvalue weighted by atomic mass is 9.86. The van der Waals surface area contributed by atoms with E-state index < -0.39 is 0 Å². The smallest absolute Gasteiger partial charge is 0.0590 e. The van der Waals surface area contributed by atoms with Gasteiger partial charge in [-0.05, 0) is 38.0 Å². The molecule has 4 atom stereocenters. The average molecular weight is 256 g/mol. The normalized spacial score (nSPS) is 37.7. The summed E-state index contributed by atoms with van der Waals surface area (Å²) in [5.74, 6) is 1.05. The van der Waals surface area contributed by atoms with Gasteiger partial charge < -0.3 is 14.6 Å². The van der Waals surface area contributed by atoms with Crippen LogP contribution in [0.2, 0.25) is 0 Å². The minimum atomic E-state index is -0.128. The number of rotatable bonds is 5. The summed E-state index contributed by atoms with van der Waals surface area (Å²) in [6, 6.07) is 0. The molecule has 2 saturated carbocycles. The summed E-state index contributed by atoms with van der Waals surface area (Å²) in [5.41, 5.74) is 0. The largest absolute Gasteiger partial charge is 0.393 e. The molecule has 2 fully saturated rings. The Balaban J connectivity index is 1.69. The first-order chi connectivity index (χ1) is 8.79. The van der Waals surface area contributed by atoms with E-state index in [1.54, 1.807) is 7.11 Å². The minimum absolute atomic E-state index is 0.128. The Hall–Kier alpha value is -0.120. The summed E-state index contributed by atoms with van der Waals surface area (Å²) in [4.78, 5) is 0. The number of methoxy groups -OCH3 is 1. The highest BCUT2D eigenvalue weighted by Crippen LogP contribution is 2.29. The summed E-state index contributed by atoms with van der Waals surface area (Å²) >= 11 is 0. The molecule has 0 aliphatic heterocycles. The van der Waals surface area contributed by atoms with E-state index in [2.05, 4.69) is 0 Å². The van der Waals surface area contributed by atoms with Crippen LogP contribution in [0.3, 0.4) is 0 Å². The molecule has 0 heterocycles. The average Bonchev–Trinajstić information content (AvgIpc) is 2.39. The van der Waals surface area contributed by atoms with E-state index in [0.717, 1.165) is 32.5 Å². The van der Waals surface area contributed by atoms with E-state index in [0.29, 0.717) is 17.9 Å². The van der Waals surface area contributed by atoms with Gasteiger partial charge in [0.15, 0.2) is 0 Å².